The van der Waals surface area contributed by atoms with Crippen LogP contribution < -0.4 is 9.88 Å². The van der Waals surface area contributed by atoms with Crippen LogP contribution in [0.4, 0.5) is 5.82 Å². The van der Waals surface area contributed by atoms with Crippen molar-refractivity contribution in [1.82, 2.24) is 9.80 Å². The summed E-state index contributed by atoms with van der Waals surface area (Å²) in [5.41, 5.74) is 2.59. The van der Waals surface area contributed by atoms with Gasteiger partial charge in [0, 0.05) is 32.0 Å². The Morgan fingerprint density at radius 3 is 2.21 bits per heavy atom. The molecule has 1 N–H and O–H groups in total. The molecule has 6 heteroatoms. The number of fused-ring (bicyclic) bond motifs is 1. The number of carbonyl (C=O) groups is 2. The second kappa shape index (κ2) is 9.07. The predicted octanol–water partition coefficient (Wildman–Crippen LogP) is 1.90. The van der Waals surface area contributed by atoms with Crippen LogP contribution in [0.25, 0.3) is 0 Å². The molecule has 0 radical (unpaired) electrons. The highest BCUT2D eigenvalue weighted by molar-refractivity contribution is 5.79. The summed E-state index contributed by atoms with van der Waals surface area (Å²) in [5, 5.41) is 0. The quantitative estimate of drug-likeness (QED) is 0.780. The van der Waals surface area contributed by atoms with Crippen molar-refractivity contribution in [2.45, 2.75) is 32.2 Å². The number of piperazine rings is 1. The maximum absolute atomic E-state index is 12.6. The number of aromatic nitrogens is 1. The number of aromatic amines is 1. The van der Waals surface area contributed by atoms with Crippen molar-refractivity contribution in [2.75, 3.05) is 37.6 Å². The number of rotatable bonds is 5. The molecule has 2 aliphatic heterocycles. The molecule has 0 saturated carbocycles. The molecule has 1 aromatic heterocycles. The van der Waals surface area contributed by atoms with E-state index in [1.165, 1.54) is 11.1 Å². The number of H-pyrrole nitrogens is 1. The summed E-state index contributed by atoms with van der Waals surface area (Å²) in [7, 11) is 0. The van der Waals surface area contributed by atoms with E-state index in [0.29, 0.717) is 25.8 Å². The molecule has 1 aromatic carbocycles. The maximum Gasteiger partial charge on any atom is 0.274 e. The highest BCUT2D eigenvalue weighted by atomic mass is 16.2. The Morgan fingerprint density at radius 2 is 1.48 bits per heavy atom. The Morgan fingerprint density at radius 1 is 0.793 bits per heavy atom. The van der Waals surface area contributed by atoms with Gasteiger partial charge in [-0.15, -0.1) is 0 Å². The Hall–Kier alpha value is -2.89. The summed E-state index contributed by atoms with van der Waals surface area (Å²) in [6, 6.07) is 14.4. The summed E-state index contributed by atoms with van der Waals surface area (Å²) >= 11 is 0. The standard InChI is InChI=1S/C23H28N4O2/c28-22(26-16-14-25(15-17-26)21-8-3-4-12-24-21)9-5-10-23(29)27-13-11-19-6-1-2-7-20(19)18-27/h1-4,6-8,12H,5,9-11,13-18H2/p+1. The minimum atomic E-state index is 0.164. The SMILES string of the molecule is O=C(CCCC(=O)N1CCc2ccccc2C1)N1CCN(c2cccc[nH+]2)CC1. The van der Waals surface area contributed by atoms with Crippen LogP contribution in [-0.4, -0.2) is 54.3 Å². The molecule has 1 saturated heterocycles. The van der Waals surface area contributed by atoms with Crippen molar-refractivity contribution < 1.29 is 14.6 Å². The molecular weight excluding hydrogens is 364 g/mol. The molecule has 2 aliphatic rings. The zero-order valence-corrected chi connectivity index (χ0v) is 16.8. The molecule has 0 bridgehead atoms. The van der Waals surface area contributed by atoms with Gasteiger partial charge in [-0.1, -0.05) is 30.3 Å². The number of nitrogens with one attached hydrogen (secondary N) is 1. The van der Waals surface area contributed by atoms with Gasteiger partial charge in [0.1, 0.15) is 13.1 Å². The highest BCUT2D eigenvalue weighted by Crippen LogP contribution is 2.19. The molecule has 0 spiro atoms. The van der Waals surface area contributed by atoms with E-state index in [2.05, 4.69) is 34.1 Å². The summed E-state index contributed by atoms with van der Waals surface area (Å²) in [6.07, 6.45) is 4.37. The van der Waals surface area contributed by atoms with E-state index < -0.39 is 0 Å². The topological polar surface area (TPSA) is 58.0 Å². The van der Waals surface area contributed by atoms with E-state index in [9.17, 15) is 9.59 Å². The van der Waals surface area contributed by atoms with Crippen LogP contribution in [0.2, 0.25) is 0 Å². The molecule has 0 atom stereocenters. The molecule has 2 amide bonds. The van der Waals surface area contributed by atoms with Crippen molar-refractivity contribution in [3.8, 4) is 0 Å². The van der Waals surface area contributed by atoms with E-state index in [4.69, 9.17) is 0 Å². The largest absolute Gasteiger partial charge is 0.338 e. The molecule has 2 aromatic rings. The van der Waals surface area contributed by atoms with Crippen LogP contribution in [-0.2, 0) is 22.6 Å². The molecule has 6 nitrogen and oxygen atoms in total. The van der Waals surface area contributed by atoms with Crippen molar-refractivity contribution in [3.05, 3.63) is 59.8 Å². The molecule has 4 rings (SSSR count). The monoisotopic (exact) mass is 393 g/mol. The first kappa shape index (κ1) is 19.4. The summed E-state index contributed by atoms with van der Waals surface area (Å²) in [6.45, 7) is 4.61. The third-order valence-corrected chi connectivity index (χ3v) is 5.93. The van der Waals surface area contributed by atoms with Crippen molar-refractivity contribution in [2.24, 2.45) is 0 Å². The first-order valence-electron chi connectivity index (χ1n) is 10.5. The third kappa shape index (κ3) is 4.75. The van der Waals surface area contributed by atoms with E-state index in [-0.39, 0.29) is 11.8 Å². The van der Waals surface area contributed by atoms with Gasteiger partial charge in [0.2, 0.25) is 11.8 Å². The van der Waals surface area contributed by atoms with Crippen LogP contribution in [0.15, 0.2) is 48.7 Å². The molecule has 0 unspecified atom stereocenters. The van der Waals surface area contributed by atoms with Crippen molar-refractivity contribution in [3.63, 3.8) is 0 Å². The second-order valence-corrected chi connectivity index (χ2v) is 7.80. The van der Waals surface area contributed by atoms with E-state index in [1.807, 2.05) is 34.2 Å². The van der Waals surface area contributed by atoms with E-state index in [1.54, 1.807) is 0 Å². The minimum absolute atomic E-state index is 0.164. The van der Waals surface area contributed by atoms with Crippen LogP contribution >= 0.6 is 0 Å². The third-order valence-electron chi connectivity index (χ3n) is 5.93. The van der Waals surface area contributed by atoms with Crippen LogP contribution in [0.1, 0.15) is 30.4 Å². The van der Waals surface area contributed by atoms with Gasteiger partial charge < -0.3 is 9.80 Å². The lowest BCUT2D eigenvalue weighted by Gasteiger charge is -2.31. The van der Waals surface area contributed by atoms with Gasteiger partial charge in [0.15, 0.2) is 0 Å². The summed E-state index contributed by atoms with van der Waals surface area (Å²) in [5.74, 6) is 1.42. The number of nitrogens with zero attached hydrogens (tertiary/aromatic N) is 3. The van der Waals surface area contributed by atoms with Crippen molar-refractivity contribution >= 4 is 17.6 Å². The van der Waals surface area contributed by atoms with Gasteiger partial charge in [0.05, 0.1) is 19.3 Å². The normalized spacial score (nSPS) is 16.5. The predicted molar refractivity (Wildman–Crippen MR) is 111 cm³/mol. The number of hydrogen-bond donors (Lipinski definition) is 0. The van der Waals surface area contributed by atoms with Crippen molar-refractivity contribution in [1.29, 1.82) is 0 Å². The van der Waals surface area contributed by atoms with Crippen LogP contribution in [0, 0.1) is 0 Å². The first-order chi connectivity index (χ1) is 14.2. The van der Waals surface area contributed by atoms with Gasteiger partial charge in [-0.05, 0) is 30.0 Å². The molecule has 0 aliphatic carbocycles. The lowest BCUT2D eigenvalue weighted by atomic mass is 9.99. The van der Waals surface area contributed by atoms with Gasteiger partial charge >= 0.3 is 0 Å². The van der Waals surface area contributed by atoms with Crippen LogP contribution in [0.3, 0.4) is 0 Å². The fourth-order valence-electron chi connectivity index (χ4n) is 4.19. The maximum atomic E-state index is 12.6. The Labute approximate surface area is 172 Å². The van der Waals surface area contributed by atoms with Gasteiger partial charge in [-0.25, -0.2) is 4.98 Å². The average Bonchev–Trinajstić information content (AvgIpc) is 2.79. The van der Waals surface area contributed by atoms with Gasteiger partial charge in [-0.2, -0.15) is 0 Å². The van der Waals surface area contributed by atoms with E-state index >= 15 is 0 Å². The smallest absolute Gasteiger partial charge is 0.274 e. The number of benzene rings is 1. The second-order valence-electron chi connectivity index (χ2n) is 7.80. The number of carbonyl (C=O) groups excluding carboxylic acids is 2. The molecule has 1 fully saturated rings. The number of amides is 2. The molecule has 152 valence electrons. The Kier molecular flexibility index (Phi) is 6.08. The molecule has 29 heavy (non-hydrogen) atoms. The first-order valence-corrected chi connectivity index (χ1v) is 10.5. The Balaban J connectivity index is 1.18. The summed E-state index contributed by atoms with van der Waals surface area (Å²) < 4.78 is 0. The zero-order chi connectivity index (χ0) is 20.1. The van der Waals surface area contributed by atoms with Crippen LogP contribution in [0.5, 0.6) is 0 Å². The van der Waals surface area contributed by atoms with Gasteiger partial charge in [0.25, 0.3) is 5.82 Å². The Bertz CT molecular complexity index is 847. The lowest BCUT2D eigenvalue weighted by molar-refractivity contribution is -0.364. The number of anilines is 1. The van der Waals surface area contributed by atoms with Gasteiger partial charge in [-0.3, -0.25) is 14.5 Å². The number of pyridine rings is 1. The zero-order valence-electron chi connectivity index (χ0n) is 16.8. The fraction of sp³-hybridized carbons (Fsp3) is 0.435. The number of hydrogen-bond acceptors (Lipinski definition) is 3. The average molecular weight is 394 g/mol. The molecular formula is C23H29N4O2+. The van der Waals surface area contributed by atoms with E-state index in [0.717, 1.165) is 45.0 Å². The minimum Gasteiger partial charge on any atom is -0.338 e. The molecule has 3 heterocycles. The summed E-state index contributed by atoms with van der Waals surface area (Å²) in [4.78, 5) is 34.5. The fourth-order valence-corrected chi connectivity index (χ4v) is 4.19. The highest BCUT2D eigenvalue weighted by Gasteiger charge is 2.26. The lowest BCUT2D eigenvalue weighted by Crippen LogP contribution is -2.50.